The standard InChI is InChI=1S/C18H22N4O2/c23-16-11-14(12-22(16)15-5-3-1-2-4-6-15)18-20-17(21-24-18)13-7-9-19-10-8-13/h7-10,14-15H,1-6,11-12H2. The lowest BCUT2D eigenvalue weighted by atomic mass is 10.1. The van der Waals surface area contributed by atoms with E-state index in [9.17, 15) is 4.79 Å². The number of aromatic nitrogens is 3. The molecule has 0 radical (unpaired) electrons. The Balaban J connectivity index is 1.48. The zero-order chi connectivity index (χ0) is 16.4. The summed E-state index contributed by atoms with van der Waals surface area (Å²) in [6.07, 6.45) is 11.2. The smallest absolute Gasteiger partial charge is 0.232 e. The van der Waals surface area contributed by atoms with Gasteiger partial charge in [-0.1, -0.05) is 30.8 Å². The van der Waals surface area contributed by atoms with E-state index >= 15 is 0 Å². The Kier molecular flexibility index (Phi) is 4.28. The molecule has 24 heavy (non-hydrogen) atoms. The molecule has 2 aromatic rings. The first kappa shape index (κ1) is 15.3. The second-order valence-corrected chi connectivity index (χ2v) is 6.78. The van der Waals surface area contributed by atoms with Crippen LogP contribution in [0.15, 0.2) is 29.0 Å². The van der Waals surface area contributed by atoms with Crippen LogP contribution >= 0.6 is 0 Å². The maximum Gasteiger partial charge on any atom is 0.232 e. The fourth-order valence-electron chi connectivity index (χ4n) is 3.84. The Morgan fingerprint density at radius 2 is 1.83 bits per heavy atom. The maximum atomic E-state index is 12.5. The first-order valence-corrected chi connectivity index (χ1v) is 8.85. The lowest BCUT2D eigenvalue weighted by molar-refractivity contribution is -0.129. The predicted octanol–water partition coefficient (Wildman–Crippen LogP) is 3.17. The molecule has 1 saturated carbocycles. The molecule has 2 aliphatic rings. The molecule has 0 bridgehead atoms. The van der Waals surface area contributed by atoms with E-state index < -0.39 is 0 Å². The van der Waals surface area contributed by atoms with Gasteiger partial charge in [0.15, 0.2) is 0 Å². The number of hydrogen-bond donors (Lipinski definition) is 0. The van der Waals surface area contributed by atoms with Crippen LogP contribution in [0.5, 0.6) is 0 Å². The van der Waals surface area contributed by atoms with Gasteiger partial charge in [0.2, 0.25) is 17.6 Å². The molecule has 6 nitrogen and oxygen atoms in total. The summed E-state index contributed by atoms with van der Waals surface area (Å²) in [4.78, 5) is 23.0. The summed E-state index contributed by atoms with van der Waals surface area (Å²) in [5.74, 6) is 1.39. The molecule has 1 atom stereocenters. The van der Waals surface area contributed by atoms with Gasteiger partial charge in [-0.15, -0.1) is 0 Å². The van der Waals surface area contributed by atoms with Gasteiger partial charge < -0.3 is 9.42 Å². The van der Waals surface area contributed by atoms with Crippen molar-refractivity contribution < 1.29 is 9.32 Å². The van der Waals surface area contributed by atoms with Gasteiger partial charge in [0, 0.05) is 37.0 Å². The van der Waals surface area contributed by atoms with Crippen LogP contribution in [0.25, 0.3) is 11.4 Å². The van der Waals surface area contributed by atoms with Gasteiger partial charge in [-0.05, 0) is 25.0 Å². The van der Waals surface area contributed by atoms with E-state index in [1.165, 1.54) is 25.7 Å². The summed E-state index contributed by atoms with van der Waals surface area (Å²) >= 11 is 0. The van der Waals surface area contributed by atoms with E-state index in [4.69, 9.17) is 4.52 Å². The monoisotopic (exact) mass is 326 g/mol. The van der Waals surface area contributed by atoms with Crippen LogP contribution in [-0.2, 0) is 4.79 Å². The molecule has 6 heteroatoms. The summed E-state index contributed by atoms with van der Waals surface area (Å²) in [6.45, 7) is 0.710. The van der Waals surface area contributed by atoms with Gasteiger partial charge in [0.25, 0.3) is 0 Å². The third-order valence-electron chi connectivity index (χ3n) is 5.15. The molecule has 1 saturated heterocycles. The molecule has 0 aromatic carbocycles. The molecular weight excluding hydrogens is 304 g/mol. The largest absolute Gasteiger partial charge is 0.339 e. The third kappa shape index (κ3) is 3.05. The molecule has 0 N–H and O–H groups in total. The minimum atomic E-state index is 0.0174. The Morgan fingerprint density at radius 3 is 2.58 bits per heavy atom. The van der Waals surface area contributed by atoms with Crippen molar-refractivity contribution in [2.45, 2.75) is 56.9 Å². The fraction of sp³-hybridized carbons (Fsp3) is 0.556. The van der Waals surface area contributed by atoms with Crippen LogP contribution in [0, 0.1) is 0 Å². The van der Waals surface area contributed by atoms with Crippen molar-refractivity contribution in [2.75, 3.05) is 6.54 Å². The van der Waals surface area contributed by atoms with Crippen LogP contribution < -0.4 is 0 Å². The fourth-order valence-corrected chi connectivity index (χ4v) is 3.84. The first-order chi connectivity index (χ1) is 11.8. The second-order valence-electron chi connectivity index (χ2n) is 6.78. The Hall–Kier alpha value is -2.24. The van der Waals surface area contributed by atoms with Gasteiger partial charge in [0.05, 0.1) is 5.92 Å². The lowest BCUT2D eigenvalue weighted by Crippen LogP contribution is -2.36. The minimum Gasteiger partial charge on any atom is -0.339 e. The van der Waals surface area contributed by atoms with Crippen LogP contribution in [-0.4, -0.2) is 38.5 Å². The summed E-state index contributed by atoms with van der Waals surface area (Å²) < 4.78 is 5.45. The van der Waals surface area contributed by atoms with E-state index in [1.807, 2.05) is 12.1 Å². The average Bonchev–Trinajstić information content (AvgIpc) is 3.15. The molecule has 2 aromatic heterocycles. The quantitative estimate of drug-likeness (QED) is 0.810. The van der Waals surface area contributed by atoms with E-state index in [0.29, 0.717) is 30.7 Å². The summed E-state index contributed by atoms with van der Waals surface area (Å²) in [6, 6.07) is 4.10. The molecule has 3 heterocycles. The number of carbonyl (C=O) groups is 1. The van der Waals surface area contributed by atoms with Gasteiger partial charge in [-0.3, -0.25) is 9.78 Å². The van der Waals surface area contributed by atoms with E-state index in [0.717, 1.165) is 18.4 Å². The predicted molar refractivity (Wildman–Crippen MR) is 88.1 cm³/mol. The second kappa shape index (κ2) is 6.71. The molecule has 2 fully saturated rings. The number of pyridine rings is 1. The van der Waals surface area contributed by atoms with Crippen LogP contribution in [0.2, 0.25) is 0 Å². The van der Waals surface area contributed by atoms with Crippen LogP contribution in [0.1, 0.15) is 56.8 Å². The maximum absolute atomic E-state index is 12.5. The summed E-state index contributed by atoms with van der Waals surface area (Å²) in [7, 11) is 0. The Labute approximate surface area is 141 Å². The molecular formula is C18H22N4O2. The minimum absolute atomic E-state index is 0.0174. The van der Waals surface area contributed by atoms with Crippen molar-refractivity contribution in [3.63, 3.8) is 0 Å². The number of amides is 1. The molecule has 126 valence electrons. The highest BCUT2D eigenvalue weighted by atomic mass is 16.5. The molecule has 1 aliphatic carbocycles. The lowest BCUT2D eigenvalue weighted by Gasteiger charge is -2.26. The van der Waals surface area contributed by atoms with Gasteiger partial charge >= 0.3 is 0 Å². The van der Waals surface area contributed by atoms with E-state index in [1.54, 1.807) is 12.4 Å². The molecule has 1 unspecified atom stereocenters. The Bertz CT molecular complexity index is 692. The molecule has 0 spiro atoms. The molecule has 4 rings (SSSR count). The highest BCUT2D eigenvalue weighted by Gasteiger charge is 2.37. The van der Waals surface area contributed by atoms with Gasteiger partial charge in [-0.2, -0.15) is 4.98 Å². The third-order valence-corrected chi connectivity index (χ3v) is 5.15. The van der Waals surface area contributed by atoms with Crippen molar-refractivity contribution in [1.82, 2.24) is 20.0 Å². The zero-order valence-corrected chi connectivity index (χ0v) is 13.7. The van der Waals surface area contributed by atoms with E-state index in [-0.39, 0.29) is 11.8 Å². The van der Waals surface area contributed by atoms with E-state index in [2.05, 4.69) is 20.0 Å². The van der Waals surface area contributed by atoms with Gasteiger partial charge in [0.1, 0.15) is 0 Å². The number of nitrogens with zero attached hydrogens (tertiary/aromatic N) is 4. The zero-order valence-electron chi connectivity index (χ0n) is 13.7. The Morgan fingerprint density at radius 1 is 1.08 bits per heavy atom. The van der Waals surface area contributed by atoms with Crippen molar-refractivity contribution in [3.05, 3.63) is 30.4 Å². The topological polar surface area (TPSA) is 72.1 Å². The van der Waals surface area contributed by atoms with Crippen LogP contribution in [0.4, 0.5) is 0 Å². The average molecular weight is 326 g/mol. The van der Waals surface area contributed by atoms with Crippen molar-refractivity contribution in [3.8, 4) is 11.4 Å². The molecule has 1 amide bonds. The highest BCUT2D eigenvalue weighted by Crippen LogP contribution is 2.33. The van der Waals surface area contributed by atoms with Crippen molar-refractivity contribution >= 4 is 5.91 Å². The van der Waals surface area contributed by atoms with Gasteiger partial charge in [-0.25, -0.2) is 0 Å². The normalized spacial score (nSPS) is 22.8. The number of rotatable bonds is 3. The number of carbonyl (C=O) groups excluding carboxylic acids is 1. The summed E-state index contributed by atoms with van der Waals surface area (Å²) in [5.41, 5.74) is 0.880. The van der Waals surface area contributed by atoms with Crippen molar-refractivity contribution in [2.24, 2.45) is 0 Å². The first-order valence-electron chi connectivity index (χ1n) is 8.85. The highest BCUT2D eigenvalue weighted by molar-refractivity contribution is 5.79. The van der Waals surface area contributed by atoms with Crippen molar-refractivity contribution in [1.29, 1.82) is 0 Å². The van der Waals surface area contributed by atoms with Crippen LogP contribution in [0.3, 0.4) is 0 Å². The summed E-state index contributed by atoms with van der Waals surface area (Å²) in [5, 5.41) is 4.06. The SMILES string of the molecule is O=C1CC(c2nc(-c3ccncc3)no2)CN1C1CCCCCC1. The number of hydrogen-bond acceptors (Lipinski definition) is 5. The molecule has 1 aliphatic heterocycles. The number of likely N-dealkylation sites (tertiary alicyclic amines) is 1.